The van der Waals surface area contributed by atoms with Gasteiger partial charge in [-0.05, 0) is 12.0 Å². The molecule has 174 valence electrons. The number of nitrogens with one attached hydrogen (secondary N) is 1. The quantitative estimate of drug-likeness (QED) is 0.614. The van der Waals surface area contributed by atoms with Gasteiger partial charge in [0.1, 0.15) is 10.7 Å². The van der Waals surface area contributed by atoms with Crippen LogP contribution in [0.15, 0.2) is 17.2 Å². The Hall–Kier alpha value is -2.53. The molecule has 1 saturated heterocycles. The van der Waals surface area contributed by atoms with Gasteiger partial charge in [-0.3, -0.25) is 4.21 Å². The van der Waals surface area contributed by atoms with Gasteiger partial charge in [0, 0.05) is 52.4 Å². The molecule has 2 aliphatic rings. The van der Waals surface area contributed by atoms with Gasteiger partial charge in [0.15, 0.2) is 5.82 Å². The number of piperazine rings is 1. The van der Waals surface area contributed by atoms with Crippen LogP contribution in [0, 0.1) is 5.92 Å². The highest BCUT2D eigenvalue weighted by atomic mass is 32.2. The van der Waals surface area contributed by atoms with Crippen molar-refractivity contribution in [3.05, 3.63) is 18.0 Å². The van der Waals surface area contributed by atoms with Gasteiger partial charge in [0.2, 0.25) is 5.95 Å². The Labute approximate surface area is 191 Å². The Morgan fingerprint density at radius 3 is 2.56 bits per heavy atom. The zero-order chi connectivity index (χ0) is 22.8. The Morgan fingerprint density at radius 2 is 1.91 bits per heavy atom. The van der Waals surface area contributed by atoms with E-state index < -0.39 is 10.8 Å². The van der Waals surface area contributed by atoms with Crippen molar-refractivity contribution >= 4 is 34.1 Å². The van der Waals surface area contributed by atoms with Crippen LogP contribution in [0.4, 0.5) is 23.3 Å². The molecule has 11 heteroatoms. The van der Waals surface area contributed by atoms with Gasteiger partial charge in [-0.2, -0.15) is 10.1 Å². The smallest absolute Gasteiger partial charge is 0.227 e. The van der Waals surface area contributed by atoms with Crippen LogP contribution in [0.2, 0.25) is 0 Å². The first kappa shape index (κ1) is 22.7. The summed E-state index contributed by atoms with van der Waals surface area (Å²) in [6.07, 6.45) is 2.41. The Morgan fingerprint density at radius 1 is 1.19 bits per heavy atom. The Balaban J connectivity index is 1.55. The van der Waals surface area contributed by atoms with E-state index in [4.69, 9.17) is 9.97 Å². The summed E-state index contributed by atoms with van der Waals surface area (Å²) < 4.78 is 12.6. The van der Waals surface area contributed by atoms with Gasteiger partial charge >= 0.3 is 0 Å². The number of aryl methyl sites for hydroxylation is 1. The van der Waals surface area contributed by atoms with Crippen LogP contribution in [0.5, 0.6) is 0 Å². The average Bonchev–Trinajstić information content (AvgIpc) is 3.18. The largest absolute Gasteiger partial charge is 0.394 e. The molecule has 1 unspecified atom stereocenters. The summed E-state index contributed by atoms with van der Waals surface area (Å²) in [6, 6.07) is 1.85. The molecular weight excluding hydrogens is 428 g/mol. The van der Waals surface area contributed by atoms with Crippen molar-refractivity contribution in [3.8, 4) is 0 Å². The fourth-order valence-electron chi connectivity index (χ4n) is 4.05. The molecule has 0 amide bonds. The molecule has 2 aliphatic heterocycles. The number of fused-ring (bicyclic) bond motifs is 1. The highest BCUT2D eigenvalue weighted by Gasteiger charge is 2.30. The number of aliphatic hydroxyl groups is 1. The van der Waals surface area contributed by atoms with Crippen LogP contribution >= 0.6 is 0 Å². The predicted octanol–water partition coefficient (Wildman–Crippen LogP) is 0.752. The maximum absolute atomic E-state index is 12.6. The van der Waals surface area contributed by atoms with E-state index in [2.05, 4.69) is 25.3 Å². The minimum absolute atomic E-state index is 0.00867. The van der Waals surface area contributed by atoms with Crippen LogP contribution < -0.4 is 20.0 Å². The van der Waals surface area contributed by atoms with Gasteiger partial charge in [-0.25, -0.2) is 4.98 Å². The van der Waals surface area contributed by atoms with E-state index in [0.717, 1.165) is 43.4 Å². The second kappa shape index (κ2) is 9.53. The molecule has 4 rings (SSSR count). The van der Waals surface area contributed by atoms with Gasteiger partial charge in [-0.15, -0.1) is 5.10 Å². The number of aromatic nitrogens is 4. The molecule has 1 fully saturated rings. The van der Waals surface area contributed by atoms with Crippen LogP contribution in [-0.2, 0) is 17.2 Å². The topological polar surface area (TPSA) is 111 Å². The van der Waals surface area contributed by atoms with E-state index >= 15 is 0 Å². The van der Waals surface area contributed by atoms with Crippen molar-refractivity contribution < 1.29 is 9.32 Å². The highest BCUT2D eigenvalue weighted by Crippen LogP contribution is 2.32. The predicted molar refractivity (Wildman–Crippen MR) is 127 cm³/mol. The minimum Gasteiger partial charge on any atom is -0.394 e. The van der Waals surface area contributed by atoms with Crippen LogP contribution in [-0.4, -0.2) is 88.2 Å². The van der Waals surface area contributed by atoms with Crippen LogP contribution in [0.25, 0.3) is 0 Å². The monoisotopic (exact) mass is 460 g/mol. The molecule has 2 N–H and O–H groups in total. The fraction of sp³-hybridized carbons (Fsp3) is 0.619. The van der Waals surface area contributed by atoms with Crippen LogP contribution in [0.3, 0.4) is 0 Å². The molecule has 0 aromatic carbocycles. The van der Waals surface area contributed by atoms with Crippen molar-refractivity contribution in [3.63, 3.8) is 0 Å². The lowest BCUT2D eigenvalue weighted by Crippen LogP contribution is -2.47. The van der Waals surface area contributed by atoms with Gasteiger partial charge < -0.3 is 25.1 Å². The zero-order valence-corrected chi connectivity index (χ0v) is 20.0. The van der Waals surface area contributed by atoms with E-state index in [9.17, 15) is 9.32 Å². The number of anilines is 4. The second-order valence-electron chi connectivity index (χ2n) is 8.73. The maximum Gasteiger partial charge on any atom is 0.227 e. The molecular formula is C21H32N8O2S. The zero-order valence-electron chi connectivity index (χ0n) is 19.2. The van der Waals surface area contributed by atoms with E-state index in [1.807, 2.05) is 38.9 Å². The van der Waals surface area contributed by atoms with Crippen molar-refractivity contribution in [2.75, 3.05) is 72.7 Å². The van der Waals surface area contributed by atoms with E-state index in [0.29, 0.717) is 28.8 Å². The normalized spacial score (nSPS) is 19.2. The Bertz CT molecular complexity index is 978. The first-order chi connectivity index (χ1) is 15.4. The summed E-state index contributed by atoms with van der Waals surface area (Å²) in [7, 11) is 2.83. The van der Waals surface area contributed by atoms with Gasteiger partial charge in [0.05, 0.1) is 41.0 Å². The van der Waals surface area contributed by atoms with Crippen LogP contribution in [0.1, 0.15) is 19.5 Å². The third-order valence-corrected chi connectivity index (χ3v) is 7.47. The summed E-state index contributed by atoms with van der Waals surface area (Å²) in [5.41, 5.74) is 1.92. The second-order valence-corrected chi connectivity index (χ2v) is 10.2. The van der Waals surface area contributed by atoms with E-state index in [-0.39, 0.29) is 18.6 Å². The summed E-state index contributed by atoms with van der Waals surface area (Å²) in [6.45, 7) is 7.24. The summed E-state index contributed by atoms with van der Waals surface area (Å²) in [5.74, 6) is 2.90. The molecule has 2 aromatic heterocycles. The number of hydrogen-bond donors (Lipinski definition) is 2. The molecule has 32 heavy (non-hydrogen) atoms. The third-order valence-electron chi connectivity index (χ3n) is 6.01. The van der Waals surface area contributed by atoms with Gasteiger partial charge in [0.25, 0.3) is 0 Å². The molecule has 0 radical (unpaired) electrons. The molecule has 0 spiro atoms. The van der Waals surface area contributed by atoms with Crippen molar-refractivity contribution in [1.29, 1.82) is 0 Å². The number of hydrogen-bond acceptors (Lipinski definition) is 10. The first-order valence-electron chi connectivity index (χ1n) is 11.0. The Kier molecular flexibility index (Phi) is 6.75. The molecule has 10 nitrogen and oxygen atoms in total. The third kappa shape index (κ3) is 4.49. The summed E-state index contributed by atoms with van der Waals surface area (Å²) in [5, 5.41) is 21.4. The highest BCUT2D eigenvalue weighted by molar-refractivity contribution is 7.85. The van der Waals surface area contributed by atoms with Crippen molar-refractivity contribution in [1.82, 2.24) is 20.2 Å². The standard InChI is InChI=1S/C21H32N8O2S/c1-14(2)16(13-30)23-19-18-15(6-12-32(18)31)24-21(25-19)29-10-8-28(9-11-29)17-5-7-22-26-20(17)27(3)4/h5,7,14,16,30H,6,8-13H2,1-4H3,(H,23,24,25)/t16-,32?/m0/s1. The van der Waals surface area contributed by atoms with Gasteiger partial charge in [-0.1, -0.05) is 13.8 Å². The fourth-order valence-corrected chi connectivity index (χ4v) is 5.37. The molecule has 0 aliphatic carbocycles. The average molecular weight is 461 g/mol. The lowest BCUT2D eigenvalue weighted by molar-refractivity contribution is 0.249. The minimum atomic E-state index is -1.11. The number of rotatable bonds is 7. The lowest BCUT2D eigenvalue weighted by atomic mass is 10.1. The first-order valence-corrected chi connectivity index (χ1v) is 12.4. The molecule has 0 saturated carbocycles. The SMILES string of the molecule is CC(C)[C@H](CO)Nc1nc(N2CCN(c3ccnnc3N(C)C)CC2)nc2c1S(=O)CC2. The molecule has 2 aromatic rings. The summed E-state index contributed by atoms with van der Waals surface area (Å²) >= 11 is 0. The van der Waals surface area contributed by atoms with E-state index in [1.165, 1.54) is 0 Å². The van der Waals surface area contributed by atoms with E-state index in [1.54, 1.807) is 6.20 Å². The molecule has 4 heterocycles. The lowest BCUT2D eigenvalue weighted by Gasteiger charge is -2.37. The number of aliphatic hydroxyl groups excluding tert-OH is 1. The van der Waals surface area contributed by atoms with Crippen molar-refractivity contribution in [2.45, 2.75) is 31.2 Å². The molecule has 0 bridgehead atoms. The summed E-state index contributed by atoms with van der Waals surface area (Å²) in [4.78, 5) is 16.7. The van der Waals surface area contributed by atoms with Crippen molar-refractivity contribution in [2.24, 2.45) is 5.92 Å². The number of nitrogens with zero attached hydrogens (tertiary/aromatic N) is 7. The maximum atomic E-state index is 12.6. The molecule has 2 atom stereocenters.